The number of oxazole rings is 1. The summed E-state index contributed by atoms with van der Waals surface area (Å²) in [7, 11) is 0. The van der Waals surface area contributed by atoms with Gasteiger partial charge in [0.2, 0.25) is 0 Å². The average Bonchev–Trinajstić information content (AvgIpc) is 2.49. The van der Waals surface area contributed by atoms with Gasteiger partial charge in [-0.05, 0) is 19.4 Å². The van der Waals surface area contributed by atoms with E-state index >= 15 is 0 Å². The van der Waals surface area contributed by atoms with Crippen LogP contribution < -0.4 is 5.32 Å². The summed E-state index contributed by atoms with van der Waals surface area (Å²) in [6.07, 6.45) is 7.20. The maximum absolute atomic E-state index is 5.20. The fourth-order valence-electron chi connectivity index (χ4n) is 1.50. The lowest BCUT2D eigenvalue weighted by Gasteiger charge is -2.10. The van der Waals surface area contributed by atoms with E-state index in [2.05, 4.69) is 10.3 Å². The van der Waals surface area contributed by atoms with Gasteiger partial charge in [0.1, 0.15) is 6.26 Å². The predicted molar refractivity (Wildman–Crippen MR) is 52.9 cm³/mol. The Balaban J connectivity index is 1.86. The minimum atomic E-state index is 0.626. The van der Waals surface area contributed by atoms with Crippen LogP contribution in [0.15, 0.2) is 22.1 Å². The molecule has 1 atom stereocenters. The second-order valence-electron chi connectivity index (χ2n) is 3.24. The van der Waals surface area contributed by atoms with Gasteiger partial charge >= 0.3 is 0 Å². The van der Waals surface area contributed by atoms with E-state index in [1.54, 1.807) is 24.2 Å². The Morgan fingerprint density at radius 2 is 2.54 bits per heavy atom. The van der Waals surface area contributed by atoms with Gasteiger partial charge in [0.25, 0.3) is 5.22 Å². The van der Waals surface area contributed by atoms with Gasteiger partial charge in [0.15, 0.2) is 0 Å². The third-order valence-corrected chi connectivity index (χ3v) is 3.32. The normalized spacial score (nSPS) is 24.2. The smallest absolute Gasteiger partial charge is 0.255 e. The van der Waals surface area contributed by atoms with Gasteiger partial charge in [-0.2, -0.15) is 0 Å². The molecule has 1 aromatic heterocycles. The first-order valence-electron chi connectivity index (χ1n) is 4.72. The third-order valence-electron chi connectivity index (χ3n) is 2.18. The van der Waals surface area contributed by atoms with Crippen molar-refractivity contribution in [3.63, 3.8) is 0 Å². The van der Waals surface area contributed by atoms with E-state index in [9.17, 15) is 0 Å². The number of aromatic nitrogens is 1. The van der Waals surface area contributed by atoms with Crippen molar-refractivity contribution in [1.29, 1.82) is 0 Å². The summed E-state index contributed by atoms with van der Waals surface area (Å²) in [5.41, 5.74) is 0. The van der Waals surface area contributed by atoms with E-state index in [0.717, 1.165) is 18.3 Å². The molecule has 1 aliphatic heterocycles. The Morgan fingerprint density at radius 3 is 3.38 bits per heavy atom. The van der Waals surface area contributed by atoms with Crippen molar-refractivity contribution in [2.45, 2.75) is 29.7 Å². The van der Waals surface area contributed by atoms with Gasteiger partial charge < -0.3 is 9.73 Å². The van der Waals surface area contributed by atoms with Crippen LogP contribution in [0.25, 0.3) is 0 Å². The largest absolute Gasteiger partial charge is 0.440 e. The summed E-state index contributed by atoms with van der Waals surface area (Å²) in [6.45, 7) is 2.23. The average molecular weight is 198 g/mol. The van der Waals surface area contributed by atoms with E-state index < -0.39 is 0 Å². The van der Waals surface area contributed by atoms with E-state index in [1.165, 1.54) is 19.3 Å². The highest BCUT2D eigenvalue weighted by molar-refractivity contribution is 7.99. The second kappa shape index (κ2) is 4.67. The van der Waals surface area contributed by atoms with Crippen LogP contribution >= 0.6 is 11.8 Å². The monoisotopic (exact) mass is 198 g/mol. The molecule has 0 aromatic carbocycles. The van der Waals surface area contributed by atoms with Gasteiger partial charge in [-0.3, -0.25) is 0 Å². The lowest BCUT2D eigenvalue weighted by atomic mass is 10.2. The summed E-state index contributed by atoms with van der Waals surface area (Å²) in [5, 5.41) is 4.85. The zero-order chi connectivity index (χ0) is 8.93. The highest BCUT2D eigenvalue weighted by atomic mass is 32.2. The molecule has 0 amide bonds. The van der Waals surface area contributed by atoms with E-state index in [1.807, 2.05) is 0 Å². The molecule has 0 spiro atoms. The van der Waals surface area contributed by atoms with Gasteiger partial charge in [-0.25, -0.2) is 4.98 Å². The molecule has 1 aliphatic rings. The molecule has 72 valence electrons. The van der Waals surface area contributed by atoms with Crippen LogP contribution in [-0.2, 0) is 0 Å². The Kier molecular flexibility index (Phi) is 3.27. The van der Waals surface area contributed by atoms with E-state index in [0.29, 0.717) is 5.25 Å². The van der Waals surface area contributed by atoms with E-state index in [4.69, 9.17) is 4.42 Å². The maximum Gasteiger partial charge on any atom is 0.255 e. The Morgan fingerprint density at radius 1 is 1.54 bits per heavy atom. The lowest BCUT2D eigenvalue weighted by Crippen LogP contribution is -2.22. The molecule has 0 saturated carbocycles. The zero-order valence-corrected chi connectivity index (χ0v) is 8.35. The summed E-state index contributed by atoms with van der Waals surface area (Å²) >= 11 is 1.74. The molecule has 1 N–H and O–H groups in total. The predicted octanol–water partition coefficient (Wildman–Crippen LogP) is 1.91. The first-order chi connectivity index (χ1) is 6.45. The molecule has 1 saturated heterocycles. The van der Waals surface area contributed by atoms with Gasteiger partial charge in [-0.1, -0.05) is 18.2 Å². The number of nitrogens with zero attached hydrogens (tertiary/aromatic N) is 1. The van der Waals surface area contributed by atoms with Crippen molar-refractivity contribution in [2.24, 2.45) is 0 Å². The van der Waals surface area contributed by atoms with Crippen LogP contribution in [0, 0.1) is 0 Å². The molecular formula is C9H14N2OS. The third kappa shape index (κ3) is 2.74. The molecular weight excluding hydrogens is 184 g/mol. The quantitative estimate of drug-likeness (QED) is 0.787. The summed E-state index contributed by atoms with van der Waals surface area (Å²) < 4.78 is 5.20. The van der Waals surface area contributed by atoms with Crippen molar-refractivity contribution >= 4 is 11.8 Å². The minimum absolute atomic E-state index is 0.626. The summed E-state index contributed by atoms with van der Waals surface area (Å²) in [5.74, 6) is 0. The Bertz CT molecular complexity index is 230. The van der Waals surface area contributed by atoms with Crippen LogP contribution in [0.1, 0.15) is 19.3 Å². The van der Waals surface area contributed by atoms with Crippen molar-refractivity contribution < 1.29 is 4.42 Å². The number of thioether (sulfide) groups is 1. The lowest BCUT2D eigenvalue weighted by molar-refractivity contribution is 0.452. The number of rotatable bonds is 2. The second-order valence-corrected chi connectivity index (χ2v) is 4.49. The molecule has 1 unspecified atom stereocenters. The van der Waals surface area contributed by atoms with Crippen LogP contribution in [0.4, 0.5) is 0 Å². The fraction of sp³-hybridized carbons (Fsp3) is 0.667. The van der Waals surface area contributed by atoms with Crippen molar-refractivity contribution in [2.75, 3.05) is 13.1 Å². The SMILES string of the molecule is c1coc(SC2CCCCNC2)n1. The van der Waals surface area contributed by atoms with Crippen LogP contribution in [0.5, 0.6) is 0 Å². The van der Waals surface area contributed by atoms with Crippen LogP contribution in [0.2, 0.25) is 0 Å². The number of hydrogen-bond donors (Lipinski definition) is 1. The molecule has 1 fully saturated rings. The van der Waals surface area contributed by atoms with Crippen molar-refractivity contribution in [3.8, 4) is 0 Å². The molecule has 4 heteroatoms. The van der Waals surface area contributed by atoms with Crippen molar-refractivity contribution in [1.82, 2.24) is 10.3 Å². The van der Waals surface area contributed by atoms with Crippen LogP contribution in [-0.4, -0.2) is 23.3 Å². The summed E-state index contributed by atoms with van der Waals surface area (Å²) in [6, 6.07) is 0. The molecule has 0 aliphatic carbocycles. The topological polar surface area (TPSA) is 38.1 Å². The van der Waals surface area contributed by atoms with Gasteiger partial charge in [0, 0.05) is 11.8 Å². The Hall–Kier alpha value is -0.480. The van der Waals surface area contributed by atoms with E-state index in [-0.39, 0.29) is 0 Å². The van der Waals surface area contributed by atoms with Crippen molar-refractivity contribution in [3.05, 3.63) is 12.5 Å². The molecule has 0 radical (unpaired) electrons. The molecule has 0 bridgehead atoms. The first-order valence-corrected chi connectivity index (χ1v) is 5.60. The fourth-order valence-corrected chi connectivity index (χ4v) is 2.50. The molecule has 2 rings (SSSR count). The highest BCUT2D eigenvalue weighted by Crippen LogP contribution is 2.25. The number of hydrogen-bond acceptors (Lipinski definition) is 4. The molecule has 3 nitrogen and oxygen atoms in total. The Labute approximate surface area is 82.3 Å². The standard InChI is InChI=1S/C9H14N2OS/c1-2-4-10-7-8(3-1)13-9-11-5-6-12-9/h5-6,8,10H,1-4,7H2. The number of nitrogens with one attached hydrogen (secondary N) is 1. The molecule has 2 heterocycles. The maximum atomic E-state index is 5.20. The van der Waals surface area contributed by atoms with Gasteiger partial charge in [-0.15, -0.1) is 0 Å². The molecule has 13 heavy (non-hydrogen) atoms. The minimum Gasteiger partial charge on any atom is -0.440 e. The first kappa shape index (κ1) is 9.09. The highest BCUT2D eigenvalue weighted by Gasteiger charge is 2.14. The zero-order valence-electron chi connectivity index (χ0n) is 7.53. The van der Waals surface area contributed by atoms with Crippen LogP contribution in [0.3, 0.4) is 0 Å². The summed E-state index contributed by atoms with van der Waals surface area (Å²) in [4.78, 5) is 4.11. The van der Waals surface area contributed by atoms with Gasteiger partial charge in [0.05, 0.1) is 6.20 Å². The molecule has 1 aromatic rings.